The first kappa shape index (κ1) is 20.9. The molecule has 0 aliphatic carbocycles. The number of benzene rings is 1. The smallest absolute Gasteiger partial charge is 0.268 e. The molecule has 2 amide bonds. The van der Waals surface area contributed by atoms with E-state index < -0.39 is 0 Å². The van der Waals surface area contributed by atoms with Crippen LogP contribution in [0.25, 0.3) is 10.2 Å². The molecule has 0 unspecified atom stereocenters. The highest BCUT2D eigenvalue weighted by Crippen LogP contribution is 2.24. The Morgan fingerprint density at radius 2 is 1.90 bits per heavy atom. The molecule has 0 atom stereocenters. The molecule has 0 fully saturated rings. The summed E-state index contributed by atoms with van der Waals surface area (Å²) in [4.78, 5) is 25.0. The van der Waals surface area contributed by atoms with Gasteiger partial charge in [-0.15, -0.1) is 11.3 Å². The van der Waals surface area contributed by atoms with Crippen LogP contribution < -0.4 is 10.6 Å². The zero-order valence-corrected chi connectivity index (χ0v) is 18.6. The van der Waals surface area contributed by atoms with Gasteiger partial charge in [0.2, 0.25) is 5.91 Å². The number of anilines is 1. The molecule has 1 aromatic carbocycles. The van der Waals surface area contributed by atoms with Crippen LogP contribution in [0.4, 0.5) is 5.69 Å². The lowest BCUT2D eigenvalue weighted by Gasteiger charge is -2.09. The number of rotatable bonds is 7. The van der Waals surface area contributed by atoms with Crippen molar-refractivity contribution in [2.24, 2.45) is 7.05 Å². The molecule has 2 N–H and O–H groups in total. The van der Waals surface area contributed by atoms with Gasteiger partial charge in [-0.3, -0.25) is 14.3 Å². The molecule has 3 aromatic heterocycles. The lowest BCUT2D eigenvalue weighted by Crippen LogP contribution is -2.34. The molecular weight excluding hydrogens is 410 g/mol. The van der Waals surface area contributed by atoms with E-state index in [0.29, 0.717) is 11.4 Å². The molecule has 4 aromatic rings. The number of fused-ring (bicyclic) bond motifs is 1. The number of nitrogens with one attached hydrogen (secondary N) is 2. The zero-order chi connectivity index (χ0) is 22.0. The third-order valence-electron chi connectivity index (χ3n) is 5.41. The van der Waals surface area contributed by atoms with Gasteiger partial charge >= 0.3 is 0 Å². The highest BCUT2D eigenvalue weighted by molar-refractivity contribution is 7.17. The Labute approximate surface area is 184 Å². The summed E-state index contributed by atoms with van der Waals surface area (Å²) in [6.45, 7) is 4.44. The second kappa shape index (κ2) is 8.77. The predicted octanol–water partition coefficient (Wildman–Crippen LogP) is 3.66. The van der Waals surface area contributed by atoms with Crippen molar-refractivity contribution in [3.63, 3.8) is 0 Å². The van der Waals surface area contributed by atoms with Crippen LogP contribution in [0.5, 0.6) is 0 Å². The first-order valence-corrected chi connectivity index (χ1v) is 11.0. The maximum atomic E-state index is 12.5. The minimum absolute atomic E-state index is 0.105. The Morgan fingerprint density at radius 3 is 2.65 bits per heavy atom. The first-order valence-electron chi connectivity index (χ1n) is 10.1. The van der Waals surface area contributed by atoms with Crippen molar-refractivity contribution in [2.45, 2.75) is 26.8 Å². The quantitative estimate of drug-likeness (QED) is 0.465. The highest BCUT2D eigenvalue weighted by Gasteiger charge is 2.17. The van der Waals surface area contributed by atoms with Gasteiger partial charge in [0, 0.05) is 13.6 Å². The molecule has 0 aliphatic heterocycles. The highest BCUT2D eigenvalue weighted by atomic mass is 32.1. The van der Waals surface area contributed by atoms with Crippen molar-refractivity contribution in [3.05, 3.63) is 70.5 Å². The Morgan fingerprint density at radius 1 is 1.13 bits per heavy atom. The third kappa shape index (κ3) is 4.39. The average Bonchev–Trinajstić information content (AvgIpc) is 3.43. The zero-order valence-electron chi connectivity index (χ0n) is 17.8. The van der Waals surface area contributed by atoms with E-state index in [9.17, 15) is 9.59 Å². The minimum Gasteiger partial charge on any atom is -0.342 e. The molecule has 0 spiro atoms. The van der Waals surface area contributed by atoms with E-state index in [-0.39, 0.29) is 18.4 Å². The Bertz CT molecular complexity index is 1240. The maximum absolute atomic E-state index is 12.5. The number of nitrogens with zero attached hydrogens (tertiary/aromatic N) is 3. The van der Waals surface area contributed by atoms with Gasteiger partial charge in [-0.05, 0) is 43.3 Å². The lowest BCUT2D eigenvalue weighted by molar-refractivity contribution is -0.115. The van der Waals surface area contributed by atoms with E-state index in [0.717, 1.165) is 34.6 Å². The topological polar surface area (TPSA) is 81.0 Å². The van der Waals surface area contributed by atoms with E-state index in [1.54, 1.807) is 11.3 Å². The van der Waals surface area contributed by atoms with E-state index in [4.69, 9.17) is 0 Å². The van der Waals surface area contributed by atoms with Crippen LogP contribution in [0.15, 0.2) is 47.8 Å². The van der Waals surface area contributed by atoms with Crippen LogP contribution in [-0.2, 0) is 24.8 Å². The third-order valence-corrected chi connectivity index (χ3v) is 6.26. The molecule has 3 heterocycles. The summed E-state index contributed by atoms with van der Waals surface area (Å²) in [5, 5.41) is 12.2. The number of hydrogen-bond donors (Lipinski definition) is 2. The van der Waals surface area contributed by atoms with Gasteiger partial charge in [0.05, 0.1) is 33.8 Å². The largest absolute Gasteiger partial charge is 0.342 e. The fourth-order valence-electron chi connectivity index (χ4n) is 3.68. The average molecular weight is 436 g/mol. The summed E-state index contributed by atoms with van der Waals surface area (Å²) >= 11 is 1.58. The normalized spacial score (nSPS) is 11.1. The summed E-state index contributed by atoms with van der Waals surface area (Å²) in [5.41, 5.74) is 5.14. The summed E-state index contributed by atoms with van der Waals surface area (Å²) in [6.07, 6.45) is 0.861. The number of carbonyl (C=O) groups excluding carboxylic acids is 2. The van der Waals surface area contributed by atoms with Gasteiger partial charge < -0.3 is 15.2 Å². The lowest BCUT2D eigenvalue weighted by atomic mass is 10.1. The number of aryl methyl sites for hydroxylation is 4. The van der Waals surface area contributed by atoms with E-state index >= 15 is 0 Å². The van der Waals surface area contributed by atoms with Crippen molar-refractivity contribution in [1.29, 1.82) is 0 Å². The van der Waals surface area contributed by atoms with Crippen LogP contribution in [-0.4, -0.2) is 32.7 Å². The molecule has 4 rings (SSSR count). The Kier molecular flexibility index (Phi) is 5.90. The van der Waals surface area contributed by atoms with Gasteiger partial charge in [0.1, 0.15) is 5.69 Å². The SMILES string of the molecule is Cc1nn(CCc2ccccc2)c(C)c1NC(=O)CNC(=O)c1cc2sccc2n1C. The summed E-state index contributed by atoms with van der Waals surface area (Å²) in [7, 11) is 1.85. The maximum Gasteiger partial charge on any atom is 0.268 e. The summed E-state index contributed by atoms with van der Waals surface area (Å²) in [6, 6.07) is 14.0. The van der Waals surface area contributed by atoms with Crippen LogP contribution in [0, 0.1) is 13.8 Å². The standard InChI is InChI=1S/C23H25N5O2S/c1-15-22(16(2)28(26-15)11-9-17-7-5-4-6-8-17)25-21(29)14-24-23(30)19-13-20-18(27(19)3)10-12-31-20/h4-8,10,12-13H,9,11,14H2,1-3H3,(H,24,30)(H,25,29). The van der Waals surface area contributed by atoms with Crippen molar-refractivity contribution in [1.82, 2.24) is 19.7 Å². The molecule has 0 aliphatic rings. The Balaban J connectivity index is 1.36. The molecule has 0 radical (unpaired) electrons. The van der Waals surface area contributed by atoms with E-state index in [1.807, 2.05) is 65.9 Å². The van der Waals surface area contributed by atoms with Gasteiger partial charge in [0.15, 0.2) is 0 Å². The second-order valence-electron chi connectivity index (χ2n) is 7.49. The molecule has 7 nitrogen and oxygen atoms in total. The van der Waals surface area contributed by atoms with Crippen LogP contribution in [0.1, 0.15) is 27.4 Å². The van der Waals surface area contributed by atoms with E-state index in [2.05, 4.69) is 27.9 Å². The van der Waals surface area contributed by atoms with Crippen LogP contribution in [0.2, 0.25) is 0 Å². The predicted molar refractivity (Wildman–Crippen MR) is 124 cm³/mol. The molecule has 0 bridgehead atoms. The first-order chi connectivity index (χ1) is 14.9. The van der Waals surface area contributed by atoms with Crippen molar-refractivity contribution < 1.29 is 9.59 Å². The molecule has 31 heavy (non-hydrogen) atoms. The van der Waals surface area contributed by atoms with Crippen LogP contribution >= 0.6 is 11.3 Å². The van der Waals surface area contributed by atoms with Crippen molar-refractivity contribution >= 4 is 39.1 Å². The molecule has 160 valence electrons. The van der Waals surface area contributed by atoms with E-state index in [1.165, 1.54) is 5.56 Å². The summed E-state index contributed by atoms with van der Waals surface area (Å²) < 4.78 is 4.79. The number of hydrogen-bond acceptors (Lipinski definition) is 4. The molecular formula is C23H25N5O2S. The number of aromatic nitrogens is 3. The Hall–Kier alpha value is -3.39. The van der Waals surface area contributed by atoms with Gasteiger partial charge in [-0.25, -0.2) is 0 Å². The summed E-state index contributed by atoms with van der Waals surface area (Å²) in [5.74, 6) is -0.550. The number of thiophene rings is 1. The number of carbonyl (C=O) groups is 2. The second-order valence-corrected chi connectivity index (χ2v) is 8.44. The number of amides is 2. The van der Waals surface area contributed by atoms with Crippen LogP contribution in [0.3, 0.4) is 0 Å². The van der Waals surface area contributed by atoms with Gasteiger partial charge in [-0.1, -0.05) is 30.3 Å². The molecule has 0 saturated heterocycles. The van der Waals surface area contributed by atoms with Crippen molar-refractivity contribution in [2.75, 3.05) is 11.9 Å². The molecule has 0 saturated carbocycles. The fourth-order valence-corrected chi connectivity index (χ4v) is 4.53. The molecule has 8 heteroatoms. The van der Waals surface area contributed by atoms with Gasteiger partial charge in [-0.2, -0.15) is 5.10 Å². The fraction of sp³-hybridized carbons (Fsp3) is 0.261. The minimum atomic E-state index is -0.279. The van der Waals surface area contributed by atoms with Crippen molar-refractivity contribution in [3.8, 4) is 0 Å². The monoisotopic (exact) mass is 435 g/mol. The van der Waals surface area contributed by atoms with Gasteiger partial charge in [0.25, 0.3) is 5.91 Å².